The molecular weight excluding hydrogens is 142 g/mol. The van der Waals surface area contributed by atoms with Crippen LogP contribution < -0.4 is 5.32 Å². The van der Waals surface area contributed by atoms with E-state index < -0.39 is 0 Å². The summed E-state index contributed by atoms with van der Waals surface area (Å²) < 4.78 is 0. The van der Waals surface area contributed by atoms with Gasteiger partial charge in [0.15, 0.2) is 0 Å². The first-order valence-electron chi connectivity index (χ1n) is 4.24. The Labute approximate surface area is 67.0 Å². The van der Waals surface area contributed by atoms with Crippen LogP contribution in [0.5, 0.6) is 0 Å². The Morgan fingerprint density at radius 2 is 2.00 bits per heavy atom. The van der Waals surface area contributed by atoms with Crippen LogP contribution >= 0.6 is 11.8 Å². The normalized spacial score (nSPS) is 31.2. The molecule has 1 nitrogen and oxygen atoms in total. The highest BCUT2D eigenvalue weighted by Gasteiger charge is 2.41. The number of hydrogen-bond acceptors (Lipinski definition) is 2. The van der Waals surface area contributed by atoms with Crippen LogP contribution in [-0.2, 0) is 0 Å². The summed E-state index contributed by atoms with van der Waals surface area (Å²) in [6.07, 6.45) is 5.74. The standard InChI is InChI=1S/C8H15NS/c1-2-8(3-4-8)9-5-7-10-6-1/h9H,1-7H2. The van der Waals surface area contributed by atoms with E-state index in [4.69, 9.17) is 0 Å². The molecule has 0 unspecified atom stereocenters. The third-order valence-electron chi connectivity index (χ3n) is 2.54. The molecule has 1 heterocycles. The van der Waals surface area contributed by atoms with Crippen LogP contribution in [0.1, 0.15) is 25.7 Å². The molecule has 0 bridgehead atoms. The minimum atomic E-state index is 0.640. The van der Waals surface area contributed by atoms with Gasteiger partial charge in [0.2, 0.25) is 0 Å². The lowest BCUT2D eigenvalue weighted by molar-refractivity contribution is 0.472. The van der Waals surface area contributed by atoms with Crippen molar-refractivity contribution in [1.82, 2.24) is 5.32 Å². The molecule has 1 saturated carbocycles. The molecular formula is C8H15NS. The third kappa shape index (κ3) is 1.48. The van der Waals surface area contributed by atoms with Crippen LogP contribution in [0.4, 0.5) is 0 Å². The highest BCUT2D eigenvalue weighted by molar-refractivity contribution is 7.99. The van der Waals surface area contributed by atoms with Crippen LogP contribution in [0.25, 0.3) is 0 Å². The Morgan fingerprint density at radius 3 is 2.80 bits per heavy atom. The summed E-state index contributed by atoms with van der Waals surface area (Å²) in [6.45, 7) is 1.24. The Morgan fingerprint density at radius 1 is 1.10 bits per heavy atom. The third-order valence-corrected chi connectivity index (χ3v) is 3.61. The first kappa shape index (κ1) is 6.99. The quantitative estimate of drug-likeness (QED) is 0.573. The Balaban J connectivity index is 1.84. The van der Waals surface area contributed by atoms with Gasteiger partial charge >= 0.3 is 0 Å². The van der Waals surface area contributed by atoms with Gasteiger partial charge in [0, 0.05) is 17.8 Å². The first-order chi connectivity index (χ1) is 4.91. The maximum atomic E-state index is 3.65. The molecule has 2 aliphatic rings. The molecule has 1 spiro atoms. The molecule has 2 heteroatoms. The summed E-state index contributed by atoms with van der Waals surface area (Å²) in [6, 6.07) is 0. The highest BCUT2D eigenvalue weighted by Crippen LogP contribution is 2.40. The highest BCUT2D eigenvalue weighted by atomic mass is 32.2. The van der Waals surface area contributed by atoms with Crippen LogP contribution in [0.3, 0.4) is 0 Å². The van der Waals surface area contributed by atoms with E-state index in [2.05, 4.69) is 17.1 Å². The minimum absolute atomic E-state index is 0.640. The van der Waals surface area contributed by atoms with Crippen LogP contribution in [0.15, 0.2) is 0 Å². The molecule has 0 atom stereocenters. The van der Waals surface area contributed by atoms with Gasteiger partial charge in [-0.15, -0.1) is 0 Å². The van der Waals surface area contributed by atoms with Crippen LogP contribution in [0.2, 0.25) is 0 Å². The SMILES string of the molecule is C1CSCCNC2(C1)CC2. The number of thioether (sulfide) groups is 1. The molecule has 1 saturated heterocycles. The Bertz CT molecular complexity index is 110. The second kappa shape index (κ2) is 2.74. The maximum absolute atomic E-state index is 3.65. The van der Waals surface area contributed by atoms with Crippen molar-refractivity contribution in [1.29, 1.82) is 0 Å². The fourth-order valence-electron chi connectivity index (χ4n) is 1.67. The fraction of sp³-hybridized carbons (Fsp3) is 1.00. The van der Waals surface area contributed by atoms with Crippen LogP contribution in [0, 0.1) is 0 Å². The van der Waals surface area contributed by atoms with E-state index in [1.54, 1.807) is 0 Å². The average molecular weight is 157 g/mol. The molecule has 58 valence electrons. The van der Waals surface area contributed by atoms with E-state index in [0.717, 1.165) is 0 Å². The minimum Gasteiger partial charge on any atom is -0.310 e. The molecule has 1 aliphatic heterocycles. The molecule has 0 aromatic rings. The monoisotopic (exact) mass is 157 g/mol. The topological polar surface area (TPSA) is 12.0 Å². The van der Waals surface area contributed by atoms with Gasteiger partial charge in [0.05, 0.1) is 0 Å². The van der Waals surface area contributed by atoms with Crippen molar-refractivity contribution < 1.29 is 0 Å². The molecule has 1 aliphatic carbocycles. The molecule has 10 heavy (non-hydrogen) atoms. The molecule has 0 aromatic carbocycles. The fourth-order valence-corrected chi connectivity index (χ4v) is 2.47. The second-order valence-corrected chi connectivity index (χ2v) is 4.65. The van der Waals surface area contributed by atoms with Crippen molar-refractivity contribution in [2.24, 2.45) is 0 Å². The van der Waals surface area contributed by atoms with Gasteiger partial charge in [-0.05, 0) is 31.4 Å². The Kier molecular flexibility index (Phi) is 1.92. The van der Waals surface area contributed by atoms with Crippen LogP contribution in [-0.4, -0.2) is 23.6 Å². The Hall–Kier alpha value is 0.310. The average Bonchev–Trinajstić information content (AvgIpc) is 2.61. The lowest BCUT2D eigenvalue weighted by Gasteiger charge is -2.19. The lowest BCUT2D eigenvalue weighted by atomic mass is 10.1. The zero-order valence-corrected chi connectivity index (χ0v) is 7.17. The van der Waals surface area contributed by atoms with Gasteiger partial charge < -0.3 is 5.32 Å². The van der Waals surface area contributed by atoms with Gasteiger partial charge in [0.25, 0.3) is 0 Å². The summed E-state index contributed by atoms with van der Waals surface area (Å²) in [5, 5.41) is 3.65. The summed E-state index contributed by atoms with van der Waals surface area (Å²) in [7, 11) is 0. The van der Waals surface area contributed by atoms with E-state index >= 15 is 0 Å². The summed E-state index contributed by atoms with van der Waals surface area (Å²) >= 11 is 2.10. The van der Waals surface area contributed by atoms with Gasteiger partial charge in [-0.1, -0.05) is 0 Å². The predicted octanol–water partition coefficient (Wildman–Crippen LogP) is 1.64. The van der Waals surface area contributed by atoms with E-state index in [0.29, 0.717) is 5.54 Å². The zero-order chi connectivity index (χ0) is 6.86. The first-order valence-corrected chi connectivity index (χ1v) is 5.40. The zero-order valence-electron chi connectivity index (χ0n) is 6.36. The van der Waals surface area contributed by atoms with E-state index in [9.17, 15) is 0 Å². The summed E-state index contributed by atoms with van der Waals surface area (Å²) in [5.41, 5.74) is 0.640. The van der Waals surface area contributed by atoms with Gasteiger partial charge in [-0.3, -0.25) is 0 Å². The number of nitrogens with one attached hydrogen (secondary N) is 1. The van der Waals surface area contributed by atoms with Crippen molar-refractivity contribution in [3.05, 3.63) is 0 Å². The molecule has 2 rings (SSSR count). The molecule has 0 radical (unpaired) electrons. The second-order valence-electron chi connectivity index (χ2n) is 3.42. The van der Waals surface area contributed by atoms with Gasteiger partial charge in [-0.2, -0.15) is 11.8 Å². The van der Waals surface area contributed by atoms with Crippen molar-refractivity contribution in [3.63, 3.8) is 0 Å². The number of hydrogen-bond donors (Lipinski definition) is 1. The maximum Gasteiger partial charge on any atom is 0.0183 e. The predicted molar refractivity (Wildman–Crippen MR) is 46.5 cm³/mol. The van der Waals surface area contributed by atoms with Crippen molar-refractivity contribution >= 4 is 11.8 Å². The van der Waals surface area contributed by atoms with Crippen molar-refractivity contribution in [3.8, 4) is 0 Å². The molecule has 0 aromatic heterocycles. The number of rotatable bonds is 0. The smallest absolute Gasteiger partial charge is 0.0183 e. The van der Waals surface area contributed by atoms with E-state index in [1.165, 1.54) is 43.7 Å². The molecule has 0 amide bonds. The van der Waals surface area contributed by atoms with Crippen molar-refractivity contribution in [2.75, 3.05) is 18.1 Å². The lowest BCUT2D eigenvalue weighted by Crippen LogP contribution is -2.34. The largest absolute Gasteiger partial charge is 0.310 e. The van der Waals surface area contributed by atoms with E-state index in [1.807, 2.05) is 0 Å². The molecule has 2 fully saturated rings. The van der Waals surface area contributed by atoms with Crippen molar-refractivity contribution in [2.45, 2.75) is 31.2 Å². The summed E-state index contributed by atoms with van der Waals surface area (Å²) in [5.74, 6) is 2.71. The van der Waals surface area contributed by atoms with E-state index in [-0.39, 0.29) is 0 Å². The summed E-state index contributed by atoms with van der Waals surface area (Å²) in [4.78, 5) is 0. The van der Waals surface area contributed by atoms with Gasteiger partial charge in [0.1, 0.15) is 0 Å². The molecule has 1 N–H and O–H groups in total. The van der Waals surface area contributed by atoms with Gasteiger partial charge in [-0.25, -0.2) is 0 Å².